The lowest BCUT2D eigenvalue weighted by molar-refractivity contribution is 0.243. The molecule has 0 aliphatic carbocycles. The average molecular weight is 282 g/mol. The van der Waals surface area contributed by atoms with Crippen molar-refractivity contribution in [2.75, 3.05) is 13.6 Å². The number of aryl methyl sites for hydroxylation is 1. The molecule has 0 amide bonds. The van der Waals surface area contributed by atoms with Crippen LogP contribution in [0, 0.1) is 12.8 Å². The molecule has 1 heterocycles. The zero-order valence-corrected chi connectivity index (χ0v) is 14.2. The van der Waals surface area contributed by atoms with E-state index in [-0.39, 0.29) is 0 Å². The fourth-order valence-corrected chi connectivity index (χ4v) is 3.08. The van der Waals surface area contributed by atoms with Crippen molar-refractivity contribution < 1.29 is 0 Å². The van der Waals surface area contributed by atoms with Gasteiger partial charge < -0.3 is 5.32 Å². The molecule has 0 bridgehead atoms. The minimum absolute atomic E-state index is 0.654. The largest absolute Gasteiger partial charge is 0.312 e. The van der Waals surface area contributed by atoms with Crippen LogP contribution in [0.5, 0.6) is 0 Å². The Labute approximate surface area is 123 Å². The molecule has 0 aliphatic heterocycles. The second kappa shape index (κ2) is 8.03. The van der Waals surface area contributed by atoms with Crippen LogP contribution in [0.2, 0.25) is 0 Å². The molecule has 0 radical (unpaired) electrons. The summed E-state index contributed by atoms with van der Waals surface area (Å²) in [6, 6.07) is 3.04. The summed E-state index contributed by atoms with van der Waals surface area (Å²) in [5.74, 6) is 0.720. The lowest BCUT2D eigenvalue weighted by Crippen LogP contribution is -2.27. The van der Waals surface area contributed by atoms with E-state index in [0.717, 1.165) is 25.6 Å². The van der Waals surface area contributed by atoms with E-state index in [9.17, 15) is 0 Å². The molecule has 110 valence electrons. The fraction of sp³-hybridized carbons (Fsp3) is 0.750. The molecule has 1 aromatic rings. The first-order chi connectivity index (χ1) is 8.93. The van der Waals surface area contributed by atoms with Crippen molar-refractivity contribution in [1.82, 2.24) is 10.2 Å². The van der Waals surface area contributed by atoms with Gasteiger partial charge in [-0.2, -0.15) is 0 Å². The van der Waals surface area contributed by atoms with Crippen LogP contribution in [-0.2, 0) is 13.1 Å². The number of hydrogen-bond donors (Lipinski definition) is 1. The molecule has 0 saturated heterocycles. The summed E-state index contributed by atoms with van der Waals surface area (Å²) in [5, 5.41) is 3.53. The molecule has 2 nitrogen and oxygen atoms in total. The number of nitrogens with zero attached hydrogens (tertiary/aromatic N) is 1. The van der Waals surface area contributed by atoms with Crippen molar-refractivity contribution in [2.24, 2.45) is 5.92 Å². The van der Waals surface area contributed by atoms with E-state index in [0.29, 0.717) is 6.04 Å². The third-order valence-corrected chi connectivity index (χ3v) is 4.78. The van der Waals surface area contributed by atoms with Crippen LogP contribution in [0.4, 0.5) is 0 Å². The molecule has 1 unspecified atom stereocenters. The number of nitrogens with one attached hydrogen (secondary N) is 1. The second-order valence-corrected chi connectivity index (χ2v) is 7.33. The van der Waals surface area contributed by atoms with Gasteiger partial charge in [-0.15, -0.1) is 11.3 Å². The Morgan fingerprint density at radius 3 is 2.58 bits per heavy atom. The molecule has 0 aromatic carbocycles. The monoisotopic (exact) mass is 282 g/mol. The maximum atomic E-state index is 3.53. The van der Waals surface area contributed by atoms with E-state index in [1.54, 1.807) is 0 Å². The third kappa shape index (κ3) is 5.64. The minimum Gasteiger partial charge on any atom is -0.312 e. The lowest BCUT2D eigenvalue weighted by atomic mass is 10.2. The van der Waals surface area contributed by atoms with Crippen LogP contribution in [-0.4, -0.2) is 24.5 Å². The van der Waals surface area contributed by atoms with Gasteiger partial charge in [0.15, 0.2) is 0 Å². The highest BCUT2D eigenvalue weighted by molar-refractivity contribution is 7.12. The lowest BCUT2D eigenvalue weighted by Gasteiger charge is -2.23. The van der Waals surface area contributed by atoms with Gasteiger partial charge in [0.2, 0.25) is 0 Å². The van der Waals surface area contributed by atoms with Gasteiger partial charge in [0.05, 0.1) is 0 Å². The zero-order chi connectivity index (χ0) is 14.4. The highest BCUT2D eigenvalue weighted by Crippen LogP contribution is 2.23. The molecular weight excluding hydrogens is 252 g/mol. The molecule has 3 heteroatoms. The van der Waals surface area contributed by atoms with Gasteiger partial charge in [-0.25, -0.2) is 0 Å². The van der Waals surface area contributed by atoms with Crippen LogP contribution < -0.4 is 5.32 Å². The normalized spacial score (nSPS) is 13.5. The second-order valence-electron chi connectivity index (χ2n) is 5.99. The molecule has 1 aromatic heterocycles. The summed E-state index contributed by atoms with van der Waals surface area (Å²) in [6.07, 6.45) is 1.21. The maximum absolute atomic E-state index is 3.53. The van der Waals surface area contributed by atoms with Crippen molar-refractivity contribution >= 4 is 11.3 Å². The topological polar surface area (TPSA) is 15.3 Å². The smallest absolute Gasteiger partial charge is 0.0300 e. The van der Waals surface area contributed by atoms with Crippen LogP contribution >= 0.6 is 11.3 Å². The SMILES string of the molecule is CCC(C)N(C)Cc1cc(CNCC(C)C)sc1C. The van der Waals surface area contributed by atoms with Gasteiger partial charge in [-0.1, -0.05) is 20.8 Å². The summed E-state index contributed by atoms with van der Waals surface area (Å²) < 4.78 is 0. The number of rotatable bonds is 8. The highest BCUT2D eigenvalue weighted by atomic mass is 32.1. The molecule has 0 fully saturated rings. The molecule has 0 aliphatic rings. The van der Waals surface area contributed by atoms with Gasteiger partial charge in [-0.05, 0) is 51.4 Å². The summed E-state index contributed by atoms with van der Waals surface area (Å²) in [5.41, 5.74) is 1.49. The Morgan fingerprint density at radius 2 is 2.00 bits per heavy atom. The van der Waals surface area contributed by atoms with Crippen LogP contribution in [0.3, 0.4) is 0 Å². The predicted molar refractivity (Wildman–Crippen MR) is 86.8 cm³/mol. The first-order valence-electron chi connectivity index (χ1n) is 7.43. The van der Waals surface area contributed by atoms with Crippen LogP contribution in [0.15, 0.2) is 6.07 Å². The summed E-state index contributed by atoms with van der Waals surface area (Å²) >= 11 is 1.94. The minimum atomic E-state index is 0.654. The average Bonchev–Trinajstić information content (AvgIpc) is 2.68. The Bertz CT molecular complexity index is 371. The third-order valence-electron chi connectivity index (χ3n) is 3.69. The molecule has 0 saturated carbocycles. The Balaban J connectivity index is 2.54. The van der Waals surface area contributed by atoms with Gasteiger partial charge in [0.25, 0.3) is 0 Å². The zero-order valence-electron chi connectivity index (χ0n) is 13.4. The Morgan fingerprint density at radius 1 is 1.32 bits per heavy atom. The quantitative estimate of drug-likeness (QED) is 0.774. The number of hydrogen-bond acceptors (Lipinski definition) is 3. The van der Waals surface area contributed by atoms with E-state index < -0.39 is 0 Å². The molecule has 1 N–H and O–H groups in total. The van der Waals surface area contributed by atoms with Gasteiger partial charge in [-0.3, -0.25) is 4.90 Å². The molecule has 0 spiro atoms. The van der Waals surface area contributed by atoms with Gasteiger partial charge >= 0.3 is 0 Å². The predicted octanol–water partition coefficient (Wildman–Crippen LogP) is 4.03. The standard InChI is InChI=1S/C16H30N2S/c1-7-13(4)18(6)11-15-8-16(19-14(15)5)10-17-9-12(2)3/h8,12-13,17H,7,9-11H2,1-6H3. The Hall–Kier alpha value is -0.380. The van der Waals surface area contributed by atoms with Crippen molar-refractivity contribution in [1.29, 1.82) is 0 Å². The molecule has 1 atom stereocenters. The highest BCUT2D eigenvalue weighted by Gasteiger charge is 2.11. The van der Waals surface area contributed by atoms with E-state index in [1.165, 1.54) is 21.7 Å². The van der Waals surface area contributed by atoms with Crippen molar-refractivity contribution in [3.8, 4) is 0 Å². The van der Waals surface area contributed by atoms with E-state index in [4.69, 9.17) is 0 Å². The Kier molecular flexibility index (Phi) is 7.05. The molecule has 1 rings (SSSR count). The van der Waals surface area contributed by atoms with Crippen LogP contribution in [0.1, 0.15) is 49.4 Å². The van der Waals surface area contributed by atoms with Crippen LogP contribution in [0.25, 0.3) is 0 Å². The fourth-order valence-electron chi connectivity index (χ4n) is 2.05. The first kappa shape index (κ1) is 16.7. The number of thiophene rings is 1. The molecular formula is C16H30N2S. The van der Waals surface area contributed by atoms with Crippen molar-refractivity contribution in [3.05, 3.63) is 21.4 Å². The van der Waals surface area contributed by atoms with Gasteiger partial charge in [0, 0.05) is 28.9 Å². The van der Waals surface area contributed by atoms with Crippen molar-refractivity contribution in [2.45, 2.75) is 60.2 Å². The van der Waals surface area contributed by atoms with Crippen molar-refractivity contribution in [3.63, 3.8) is 0 Å². The van der Waals surface area contributed by atoms with E-state index in [2.05, 4.69) is 57.9 Å². The summed E-state index contributed by atoms with van der Waals surface area (Å²) in [7, 11) is 2.22. The summed E-state index contributed by atoms with van der Waals surface area (Å²) in [4.78, 5) is 5.38. The summed E-state index contributed by atoms with van der Waals surface area (Å²) in [6.45, 7) is 14.5. The van der Waals surface area contributed by atoms with E-state index in [1.807, 2.05) is 11.3 Å². The van der Waals surface area contributed by atoms with Gasteiger partial charge in [0.1, 0.15) is 0 Å². The first-order valence-corrected chi connectivity index (χ1v) is 8.24. The van der Waals surface area contributed by atoms with E-state index >= 15 is 0 Å². The maximum Gasteiger partial charge on any atom is 0.0300 e. The molecule has 19 heavy (non-hydrogen) atoms.